The lowest BCUT2D eigenvalue weighted by molar-refractivity contribution is -0.384. The lowest BCUT2D eigenvalue weighted by Gasteiger charge is -2.17. The highest BCUT2D eigenvalue weighted by Crippen LogP contribution is 2.32. The van der Waals surface area contributed by atoms with E-state index in [2.05, 4.69) is 10.3 Å². The summed E-state index contributed by atoms with van der Waals surface area (Å²) in [7, 11) is 0. The molecule has 0 atom stereocenters. The van der Waals surface area contributed by atoms with Gasteiger partial charge in [-0.2, -0.15) is 0 Å². The largest absolute Gasteiger partial charge is 0.436 e. The minimum absolute atomic E-state index is 0.0562. The van der Waals surface area contributed by atoms with Crippen LogP contribution in [0, 0.1) is 17.0 Å². The number of nitrogens with one attached hydrogen (secondary N) is 1. The predicted octanol–water partition coefficient (Wildman–Crippen LogP) is 5.56. The molecule has 0 unspecified atom stereocenters. The van der Waals surface area contributed by atoms with Crippen LogP contribution in [-0.2, 0) is 0 Å². The number of nitrogens with zero attached hydrogens (tertiary/aromatic N) is 3. The van der Waals surface area contributed by atoms with Gasteiger partial charge in [0, 0.05) is 36.0 Å². The van der Waals surface area contributed by atoms with E-state index < -0.39 is 10.8 Å². The van der Waals surface area contributed by atoms with E-state index in [4.69, 9.17) is 4.42 Å². The molecule has 1 N–H and O–H groups in total. The molecule has 2 heterocycles. The fourth-order valence-corrected chi connectivity index (χ4v) is 4.15. The highest BCUT2D eigenvalue weighted by molar-refractivity contribution is 6.05. The Morgan fingerprint density at radius 3 is 2.67 bits per heavy atom. The summed E-state index contributed by atoms with van der Waals surface area (Å²) in [6.45, 7) is 3.57. The van der Waals surface area contributed by atoms with Gasteiger partial charge in [-0.25, -0.2) is 4.98 Å². The molecule has 166 valence electrons. The average Bonchev–Trinajstić information content (AvgIpc) is 3.48. The normalized spacial score (nSPS) is 13.4. The van der Waals surface area contributed by atoms with Crippen molar-refractivity contribution < 1.29 is 14.1 Å². The highest BCUT2D eigenvalue weighted by Gasteiger charge is 2.24. The number of carbonyl (C=O) groups excluding carboxylic acids is 1. The van der Waals surface area contributed by atoms with E-state index in [1.807, 2.05) is 36.1 Å². The van der Waals surface area contributed by atoms with Crippen molar-refractivity contribution in [1.29, 1.82) is 0 Å². The number of aromatic nitrogens is 1. The van der Waals surface area contributed by atoms with E-state index in [1.54, 1.807) is 30.3 Å². The van der Waals surface area contributed by atoms with Gasteiger partial charge in [-0.15, -0.1) is 0 Å². The summed E-state index contributed by atoms with van der Waals surface area (Å²) in [4.78, 5) is 30.6. The summed E-state index contributed by atoms with van der Waals surface area (Å²) in [6, 6.07) is 17.7. The molecule has 8 nitrogen and oxygen atoms in total. The Morgan fingerprint density at radius 1 is 1.09 bits per heavy atom. The molecule has 3 aromatic carbocycles. The smallest absolute Gasteiger partial charge is 0.293 e. The van der Waals surface area contributed by atoms with Crippen LogP contribution in [0.3, 0.4) is 0 Å². The number of nitro benzene ring substituents is 1. The number of rotatable bonds is 5. The van der Waals surface area contributed by atoms with Crippen molar-refractivity contribution in [3.05, 3.63) is 81.9 Å². The van der Waals surface area contributed by atoms with E-state index in [9.17, 15) is 14.9 Å². The molecule has 1 fully saturated rings. The number of anilines is 2. The second kappa shape index (κ2) is 8.38. The van der Waals surface area contributed by atoms with Crippen molar-refractivity contribution in [3.8, 4) is 11.5 Å². The second-order valence-corrected chi connectivity index (χ2v) is 8.18. The minimum atomic E-state index is -0.432. The predicted molar refractivity (Wildman–Crippen MR) is 127 cm³/mol. The molecule has 1 saturated heterocycles. The van der Waals surface area contributed by atoms with Gasteiger partial charge in [0.05, 0.1) is 4.92 Å². The summed E-state index contributed by atoms with van der Waals surface area (Å²) in [5.41, 5.74) is 4.46. The molecule has 5 rings (SSSR count). The summed E-state index contributed by atoms with van der Waals surface area (Å²) in [6.07, 6.45) is 2.02. The van der Waals surface area contributed by atoms with Crippen LogP contribution in [0.2, 0.25) is 0 Å². The van der Waals surface area contributed by atoms with Gasteiger partial charge in [0.2, 0.25) is 5.89 Å². The third kappa shape index (κ3) is 4.15. The van der Waals surface area contributed by atoms with Gasteiger partial charge in [0.25, 0.3) is 11.6 Å². The quantitative estimate of drug-likeness (QED) is 0.321. The van der Waals surface area contributed by atoms with Gasteiger partial charge in [0.15, 0.2) is 5.58 Å². The SMILES string of the molecule is Cc1cccc(-c2nc3cc(NC(=O)c4ccc(N5CCCC5)c([N+](=O)[O-])c4)ccc3o2)c1. The second-order valence-electron chi connectivity index (χ2n) is 8.18. The van der Waals surface area contributed by atoms with Crippen LogP contribution in [-0.4, -0.2) is 28.9 Å². The first kappa shape index (κ1) is 20.7. The van der Waals surface area contributed by atoms with Gasteiger partial charge in [0.1, 0.15) is 11.2 Å². The molecule has 4 aromatic rings. The molecule has 0 spiro atoms. The fraction of sp³-hybridized carbons (Fsp3) is 0.200. The van der Waals surface area contributed by atoms with Gasteiger partial charge in [-0.3, -0.25) is 14.9 Å². The number of oxazole rings is 1. The monoisotopic (exact) mass is 442 g/mol. The van der Waals surface area contributed by atoms with Crippen molar-refractivity contribution >= 4 is 34.1 Å². The van der Waals surface area contributed by atoms with E-state index in [0.717, 1.165) is 37.1 Å². The van der Waals surface area contributed by atoms with Crippen molar-refractivity contribution in [2.24, 2.45) is 0 Å². The van der Waals surface area contributed by atoms with Crippen LogP contribution in [0.5, 0.6) is 0 Å². The van der Waals surface area contributed by atoms with Crippen molar-refractivity contribution in [3.63, 3.8) is 0 Å². The lowest BCUT2D eigenvalue weighted by Crippen LogP contribution is -2.19. The number of hydrogen-bond donors (Lipinski definition) is 1. The Hall–Kier alpha value is -4.20. The van der Waals surface area contributed by atoms with E-state index in [0.29, 0.717) is 28.4 Å². The molecule has 1 aliphatic heterocycles. The lowest BCUT2D eigenvalue weighted by atomic mass is 10.1. The first-order valence-electron chi connectivity index (χ1n) is 10.8. The summed E-state index contributed by atoms with van der Waals surface area (Å²) in [5, 5.41) is 14.4. The average molecular weight is 442 g/mol. The third-order valence-electron chi connectivity index (χ3n) is 5.79. The Kier molecular flexibility index (Phi) is 5.26. The number of aryl methyl sites for hydroxylation is 1. The van der Waals surface area contributed by atoms with Gasteiger partial charge < -0.3 is 14.6 Å². The zero-order valence-electron chi connectivity index (χ0n) is 18.1. The highest BCUT2D eigenvalue weighted by atomic mass is 16.6. The number of benzene rings is 3. The Labute approximate surface area is 190 Å². The van der Waals surface area contributed by atoms with E-state index in [-0.39, 0.29) is 11.3 Å². The molecule has 1 amide bonds. The zero-order chi connectivity index (χ0) is 22.9. The molecular formula is C25H22N4O4. The Bertz CT molecular complexity index is 1370. The molecule has 8 heteroatoms. The summed E-state index contributed by atoms with van der Waals surface area (Å²) < 4.78 is 5.85. The summed E-state index contributed by atoms with van der Waals surface area (Å²) in [5.74, 6) is 0.0816. The van der Waals surface area contributed by atoms with Crippen LogP contribution in [0.4, 0.5) is 17.1 Å². The third-order valence-corrected chi connectivity index (χ3v) is 5.79. The van der Waals surface area contributed by atoms with Crippen LogP contribution >= 0.6 is 0 Å². The van der Waals surface area contributed by atoms with Crippen LogP contribution in [0.25, 0.3) is 22.6 Å². The van der Waals surface area contributed by atoms with Crippen molar-refractivity contribution in [1.82, 2.24) is 4.98 Å². The number of amides is 1. The Morgan fingerprint density at radius 2 is 1.91 bits per heavy atom. The number of fused-ring (bicyclic) bond motifs is 1. The standard InChI is InChI=1S/C25H22N4O4/c1-16-5-4-6-18(13-16)25-27-20-15-19(8-10-23(20)33-25)26-24(30)17-7-9-21(22(14-17)29(31)32)28-11-2-3-12-28/h4-10,13-15H,2-3,11-12H2,1H3,(H,26,30). The number of nitro groups is 1. The van der Waals surface area contributed by atoms with Gasteiger partial charge in [-0.05, 0) is 62.2 Å². The molecule has 33 heavy (non-hydrogen) atoms. The molecule has 0 bridgehead atoms. The number of hydrogen-bond acceptors (Lipinski definition) is 6. The topological polar surface area (TPSA) is 102 Å². The minimum Gasteiger partial charge on any atom is -0.436 e. The molecule has 0 saturated carbocycles. The maximum Gasteiger partial charge on any atom is 0.293 e. The van der Waals surface area contributed by atoms with Crippen LogP contribution in [0.1, 0.15) is 28.8 Å². The Balaban J connectivity index is 1.39. The number of carbonyl (C=O) groups is 1. The fourth-order valence-electron chi connectivity index (χ4n) is 4.15. The van der Waals surface area contributed by atoms with Crippen molar-refractivity contribution in [2.45, 2.75) is 19.8 Å². The van der Waals surface area contributed by atoms with Gasteiger partial charge in [-0.1, -0.05) is 17.7 Å². The molecular weight excluding hydrogens is 420 g/mol. The van der Waals surface area contributed by atoms with Crippen LogP contribution < -0.4 is 10.2 Å². The first-order chi connectivity index (χ1) is 16.0. The molecule has 0 radical (unpaired) electrons. The van der Waals surface area contributed by atoms with E-state index >= 15 is 0 Å². The van der Waals surface area contributed by atoms with Gasteiger partial charge >= 0.3 is 0 Å². The van der Waals surface area contributed by atoms with E-state index in [1.165, 1.54) is 6.07 Å². The maximum absolute atomic E-state index is 12.8. The molecule has 0 aliphatic carbocycles. The first-order valence-corrected chi connectivity index (χ1v) is 10.8. The summed E-state index contributed by atoms with van der Waals surface area (Å²) >= 11 is 0. The molecule has 1 aliphatic rings. The van der Waals surface area contributed by atoms with Crippen molar-refractivity contribution in [2.75, 3.05) is 23.3 Å². The molecule has 1 aromatic heterocycles. The van der Waals surface area contributed by atoms with Crippen LogP contribution in [0.15, 0.2) is 65.1 Å². The zero-order valence-corrected chi connectivity index (χ0v) is 18.1. The maximum atomic E-state index is 12.8.